The highest BCUT2D eigenvalue weighted by atomic mass is 32.2. The Hall–Kier alpha value is -0.950. The van der Waals surface area contributed by atoms with E-state index in [4.69, 9.17) is 4.74 Å². The van der Waals surface area contributed by atoms with Gasteiger partial charge in [0, 0.05) is 26.3 Å². The van der Waals surface area contributed by atoms with Crippen LogP contribution >= 0.6 is 11.8 Å². The van der Waals surface area contributed by atoms with Crippen molar-refractivity contribution in [3.63, 3.8) is 0 Å². The van der Waals surface area contributed by atoms with Gasteiger partial charge in [0.25, 0.3) is 0 Å². The van der Waals surface area contributed by atoms with Gasteiger partial charge in [0.1, 0.15) is 0 Å². The summed E-state index contributed by atoms with van der Waals surface area (Å²) in [6, 6.07) is -0.285. The first-order valence-electron chi connectivity index (χ1n) is 7.42. The van der Waals surface area contributed by atoms with Crippen LogP contribution in [0.25, 0.3) is 0 Å². The Bertz CT molecular complexity index is 333. The summed E-state index contributed by atoms with van der Waals surface area (Å²) >= 11 is 1.83. The van der Waals surface area contributed by atoms with Gasteiger partial charge in [0.2, 0.25) is 0 Å². The van der Waals surface area contributed by atoms with Crippen LogP contribution < -0.4 is 10.6 Å². The number of carbonyl (C=O) groups is 2. The minimum Gasteiger partial charge on any atom is -0.481 e. The van der Waals surface area contributed by atoms with Crippen LogP contribution in [-0.2, 0) is 9.53 Å². The van der Waals surface area contributed by atoms with Crippen molar-refractivity contribution in [1.82, 2.24) is 10.6 Å². The third-order valence-electron chi connectivity index (χ3n) is 3.80. The minimum absolute atomic E-state index is 0.157. The number of hydrogen-bond acceptors (Lipinski definition) is 4. The van der Waals surface area contributed by atoms with Crippen LogP contribution in [0.5, 0.6) is 0 Å². The molecule has 0 aromatic rings. The molecule has 1 rings (SSSR count). The quantitative estimate of drug-likeness (QED) is 0.563. The van der Waals surface area contributed by atoms with Crippen molar-refractivity contribution in [1.29, 1.82) is 0 Å². The van der Waals surface area contributed by atoms with Crippen molar-refractivity contribution in [3.8, 4) is 0 Å². The lowest BCUT2D eigenvalue weighted by molar-refractivity contribution is -0.154. The Morgan fingerprint density at radius 3 is 2.52 bits per heavy atom. The molecule has 0 unspecified atom stereocenters. The van der Waals surface area contributed by atoms with Crippen LogP contribution in [0.15, 0.2) is 0 Å². The number of rotatable bonds is 9. The number of carbonyl (C=O) groups excluding carboxylic acids is 1. The molecule has 7 heteroatoms. The minimum atomic E-state index is -0.881. The smallest absolute Gasteiger partial charge is 0.314 e. The van der Waals surface area contributed by atoms with Gasteiger partial charge in [0.05, 0.1) is 5.41 Å². The number of carboxylic acid groups (broad SMARTS) is 1. The maximum absolute atomic E-state index is 11.7. The van der Waals surface area contributed by atoms with E-state index in [1.807, 2.05) is 11.8 Å². The molecule has 0 atom stereocenters. The van der Waals surface area contributed by atoms with Gasteiger partial charge >= 0.3 is 12.0 Å². The van der Waals surface area contributed by atoms with E-state index < -0.39 is 11.4 Å². The van der Waals surface area contributed by atoms with Crippen LogP contribution in [-0.4, -0.2) is 55.4 Å². The van der Waals surface area contributed by atoms with E-state index in [1.165, 1.54) is 0 Å². The first kappa shape index (κ1) is 18.1. The molecular formula is C14H26N2O4S. The van der Waals surface area contributed by atoms with Crippen molar-refractivity contribution in [3.05, 3.63) is 0 Å². The summed E-state index contributed by atoms with van der Waals surface area (Å²) in [5.41, 5.74) is -0.881. The number of amides is 2. The number of thioether (sulfide) groups is 1. The second-order valence-corrected chi connectivity index (χ2v) is 6.35. The Labute approximate surface area is 130 Å². The number of nitrogens with one attached hydrogen (secondary N) is 2. The maximum Gasteiger partial charge on any atom is 0.314 e. The molecule has 2 amide bonds. The fourth-order valence-electron chi connectivity index (χ4n) is 2.29. The Morgan fingerprint density at radius 1 is 1.19 bits per heavy atom. The number of hydrogen-bond donors (Lipinski definition) is 3. The van der Waals surface area contributed by atoms with Crippen LogP contribution in [0, 0.1) is 5.41 Å². The van der Waals surface area contributed by atoms with Crippen LogP contribution in [0.1, 0.15) is 32.1 Å². The second-order valence-electron chi connectivity index (χ2n) is 5.36. The van der Waals surface area contributed by atoms with Gasteiger partial charge in [0.15, 0.2) is 0 Å². The summed E-state index contributed by atoms with van der Waals surface area (Å²) in [7, 11) is 0. The molecule has 0 aromatic heterocycles. The zero-order chi connectivity index (χ0) is 15.6. The summed E-state index contributed by atoms with van der Waals surface area (Å²) in [6.45, 7) is 1.66. The summed E-state index contributed by atoms with van der Waals surface area (Å²) in [6.07, 6.45) is 6.17. The van der Waals surface area contributed by atoms with Gasteiger partial charge in [-0.2, -0.15) is 11.8 Å². The predicted molar refractivity (Wildman–Crippen MR) is 83.8 cm³/mol. The van der Waals surface area contributed by atoms with Crippen LogP contribution in [0.2, 0.25) is 0 Å². The molecule has 0 saturated carbocycles. The molecule has 1 aliphatic rings. The molecule has 0 aliphatic carbocycles. The fraction of sp³-hybridized carbons (Fsp3) is 0.857. The topological polar surface area (TPSA) is 87.7 Å². The summed E-state index contributed by atoms with van der Waals surface area (Å²) in [5.74, 6) is 0.290. The fourth-order valence-corrected chi connectivity index (χ4v) is 2.78. The SMILES string of the molecule is CSCCCCCNC(=O)NCC1(C(=O)O)CCOCC1. The number of carboxylic acids is 1. The van der Waals surface area contributed by atoms with Crippen molar-refractivity contribution < 1.29 is 19.4 Å². The van der Waals surface area contributed by atoms with Crippen molar-refractivity contribution in [2.45, 2.75) is 32.1 Å². The number of urea groups is 1. The van der Waals surface area contributed by atoms with E-state index in [0.717, 1.165) is 25.0 Å². The molecule has 21 heavy (non-hydrogen) atoms. The highest BCUT2D eigenvalue weighted by Gasteiger charge is 2.40. The summed E-state index contributed by atoms with van der Waals surface area (Å²) in [5, 5.41) is 14.8. The zero-order valence-electron chi connectivity index (χ0n) is 12.7. The first-order chi connectivity index (χ1) is 10.1. The molecule has 3 N–H and O–H groups in total. The number of ether oxygens (including phenoxy) is 1. The van der Waals surface area contributed by atoms with Crippen molar-refractivity contribution in [2.24, 2.45) is 5.41 Å². The van der Waals surface area contributed by atoms with Crippen LogP contribution in [0.3, 0.4) is 0 Å². The van der Waals surface area contributed by atoms with E-state index in [-0.39, 0.29) is 12.6 Å². The van der Waals surface area contributed by atoms with Gasteiger partial charge in [-0.3, -0.25) is 4.79 Å². The Balaban J connectivity index is 2.20. The molecule has 6 nitrogen and oxygen atoms in total. The lowest BCUT2D eigenvalue weighted by Crippen LogP contribution is -2.48. The third kappa shape index (κ3) is 6.56. The first-order valence-corrected chi connectivity index (χ1v) is 8.82. The molecule has 1 fully saturated rings. The molecule has 1 saturated heterocycles. The predicted octanol–water partition coefficient (Wildman–Crippen LogP) is 1.70. The monoisotopic (exact) mass is 318 g/mol. The second kappa shape index (κ2) is 9.89. The van der Waals surface area contributed by atoms with Crippen molar-refractivity contribution in [2.75, 3.05) is 38.3 Å². The maximum atomic E-state index is 11.7. The normalized spacial score (nSPS) is 17.2. The van der Waals surface area contributed by atoms with Gasteiger partial charge in [-0.25, -0.2) is 4.79 Å². The van der Waals surface area contributed by atoms with Gasteiger partial charge in [-0.05, 0) is 37.7 Å². The average Bonchev–Trinajstić information content (AvgIpc) is 2.49. The Morgan fingerprint density at radius 2 is 1.90 bits per heavy atom. The van der Waals surface area contributed by atoms with E-state index in [1.54, 1.807) is 0 Å². The molecule has 0 bridgehead atoms. The van der Waals surface area contributed by atoms with Crippen molar-refractivity contribution >= 4 is 23.8 Å². The molecule has 0 radical (unpaired) electrons. The molecule has 122 valence electrons. The van der Waals surface area contributed by atoms with E-state index in [9.17, 15) is 14.7 Å². The molecule has 0 aromatic carbocycles. The lowest BCUT2D eigenvalue weighted by atomic mass is 9.80. The zero-order valence-corrected chi connectivity index (χ0v) is 13.5. The number of unbranched alkanes of at least 4 members (excludes halogenated alkanes) is 2. The molecule has 0 spiro atoms. The largest absolute Gasteiger partial charge is 0.481 e. The van der Waals surface area contributed by atoms with Gasteiger partial charge in [-0.15, -0.1) is 0 Å². The Kier molecular flexibility index (Phi) is 8.52. The van der Waals surface area contributed by atoms with E-state index in [2.05, 4.69) is 16.9 Å². The van der Waals surface area contributed by atoms with E-state index in [0.29, 0.717) is 32.6 Å². The summed E-state index contributed by atoms with van der Waals surface area (Å²) < 4.78 is 5.20. The average molecular weight is 318 g/mol. The molecule has 1 heterocycles. The third-order valence-corrected chi connectivity index (χ3v) is 4.50. The van der Waals surface area contributed by atoms with Gasteiger partial charge < -0.3 is 20.5 Å². The van der Waals surface area contributed by atoms with Crippen LogP contribution in [0.4, 0.5) is 4.79 Å². The number of aliphatic carboxylic acids is 1. The van der Waals surface area contributed by atoms with Gasteiger partial charge in [-0.1, -0.05) is 6.42 Å². The van der Waals surface area contributed by atoms with E-state index >= 15 is 0 Å². The summed E-state index contributed by atoms with van der Waals surface area (Å²) in [4.78, 5) is 23.1. The molecular weight excluding hydrogens is 292 g/mol. The molecule has 1 aliphatic heterocycles. The highest BCUT2D eigenvalue weighted by molar-refractivity contribution is 7.98. The lowest BCUT2D eigenvalue weighted by Gasteiger charge is -2.33. The standard InChI is InChI=1S/C14H26N2O4S/c1-21-10-4-2-3-7-15-13(19)16-11-14(12(17)18)5-8-20-9-6-14/h2-11H2,1H3,(H,17,18)(H2,15,16,19). The highest BCUT2D eigenvalue weighted by Crippen LogP contribution is 2.29.